The smallest absolute Gasteiger partial charge is 0.244 e. The average Bonchev–Trinajstić information content (AvgIpc) is 3.06. The molecule has 0 aliphatic carbocycles. The first kappa shape index (κ1) is 13.7. The minimum absolute atomic E-state index is 0.137. The summed E-state index contributed by atoms with van der Waals surface area (Å²) in [7, 11) is 0. The minimum atomic E-state index is -0.346. The van der Waals surface area contributed by atoms with E-state index in [0.29, 0.717) is 24.7 Å². The zero-order valence-corrected chi connectivity index (χ0v) is 11.2. The van der Waals surface area contributed by atoms with E-state index < -0.39 is 0 Å². The van der Waals surface area contributed by atoms with E-state index in [1.165, 1.54) is 0 Å². The van der Waals surface area contributed by atoms with Crippen molar-refractivity contribution in [3.05, 3.63) is 29.9 Å². The quantitative estimate of drug-likeness (QED) is 0.786. The Morgan fingerprint density at radius 3 is 2.95 bits per heavy atom. The Labute approximate surface area is 111 Å². The van der Waals surface area contributed by atoms with Gasteiger partial charge in [0.25, 0.3) is 0 Å². The van der Waals surface area contributed by atoms with Gasteiger partial charge >= 0.3 is 0 Å². The second kappa shape index (κ2) is 6.44. The number of H-pyrrole nitrogens is 1. The molecule has 2 rings (SSSR count). The van der Waals surface area contributed by atoms with E-state index in [4.69, 9.17) is 15.0 Å². The van der Waals surface area contributed by atoms with Crippen molar-refractivity contribution in [1.82, 2.24) is 20.1 Å². The van der Waals surface area contributed by atoms with Crippen molar-refractivity contribution >= 4 is 0 Å². The lowest BCUT2D eigenvalue weighted by molar-refractivity contribution is 0.0518. The third kappa shape index (κ3) is 3.39. The first-order chi connectivity index (χ1) is 9.24. The number of rotatable bonds is 7. The summed E-state index contributed by atoms with van der Waals surface area (Å²) in [6.45, 7) is 4.57. The summed E-state index contributed by atoms with van der Waals surface area (Å²) < 4.78 is 10.7. The monoisotopic (exact) mass is 265 g/mol. The predicted molar refractivity (Wildman–Crippen MR) is 68.2 cm³/mol. The van der Waals surface area contributed by atoms with Crippen LogP contribution < -0.4 is 5.73 Å². The first-order valence-electron chi connectivity index (χ1n) is 6.42. The Balaban J connectivity index is 2.03. The van der Waals surface area contributed by atoms with E-state index in [1.807, 2.05) is 13.8 Å². The highest BCUT2D eigenvalue weighted by molar-refractivity contribution is 5.02. The van der Waals surface area contributed by atoms with Gasteiger partial charge in [-0.3, -0.25) is 0 Å². The highest BCUT2D eigenvalue weighted by Gasteiger charge is 2.20. The SMILES string of the molecule is CCOC(CC)c1noc(C(N)Cc2cnc[nH]2)n1. The van der Waals surface area contributed by atoms with Gasteiger partial charge in [0.2, 0.25) is 11.7 Å². The summed E-state index contributed by atoms with van der Waals surface area (Å²) in [4.78, 5) is 11.3. The molecule has 0 bridgehead atoms. The van der Waals surface area contributed by atoms with Gasteiger partial charge in [0.15, 0.2) is 0 Å². The highest BCUT2D eigenvalue weighted by Crippen LogP contribution is 2.20. The van der Waals surface area contributed by atoms with Crippen LogP contribution in [0.3, 0.4) is 0 Å². The summed E-state index contributed by atoms with van der Waals surface area (Å²) in [5.41, 5.74) is 6.96. The second-order valence-electron chi connectivity index (χ2n) is 4.23. The maximum Gasteiger partial charge on any atom is 0.244 e. The van der Waals surface area contributed by atoms with Crippen molar-refractivity contribution in [1.29, 1.82) is 0 Å². The Kier molecular flexibility index (Phi) is 4.64. The van der Waals surface area contributed by atoms with Gasteiger partial charge in [-0.25, -0.2) is 4.98 Å². The number of hydrogen-bond acceptors (Lipinski definition) is 6. The van der Waals surface area contributed by atoms with Crippen molar-refractivity contribution < 1.29 is 9.26 Å². The fraction of sp³-hybridized carbons (Fsp3) is 0.583. The number of nitrogens with two attached hydrogens (primary N) is 1. The lowest BCUT2D eigenvalue weighted by Gasteiger charge is -2.09. The molecule has 3 N–H and O–H groups in total. The molecule has 2 aromatic heterocycles. The standard InChI is InChI=1S/C12H19N5O2/c1-3-10(18-4-2)11-16-12(19-17-11)9(13)5-8-6-14-7-15-8/h6-7,9-10H,3-5,13H2,1-2H3,(H,14,15). The molecule has 0 saturated heterocycles. The molecule has 0 radical (unpaired) electrons. The number of ether oxygens (including phenoxy) is 1. The van der Waals surface area contributed by atoms with E-state index in [2.05, 4.69) is 20.1 Å². The average molecular weight is 265 g/mol. The molecule has 19 heavy (non-hydrogen) atoms. The van der Waals surface area contributed by atoms with Crippen LogP contribution >= 0.6 is 0 Å². The zero-order valence-electron chi connectivity index (χ0n) is 11.2. The molecule has 7 nitrogen and oxygen atoms in total. The van der Waals surface area contributed by atoms with Gasteiger partial charge in [-0.15, -0.1) is 0 Å². The third-order valence-corrected chi connectivity index (χ3v) is 2.80. The third-order valence-electron chi connectivity index (χ3n) is 2.80. The lowest BCUT2D eigenvalue weighted by Crippen LogP contribution is -2.14. The molecule has 7 heteroatoms. The molecule has 0 spiro atoms. The normalized spacial score (nSPS) is 14.5. The van der Waals surface area contributed by atoms with Gasteiger partial charge < -0.3 is 20.0 Å². The van der Waals surface area contributed by atoms with Crippen molar-refractivity contribution in [2.45, 2.75) is 38.8 Å². The van der Waals surface area contributed by atoms with Crippen LogP contribution in [0, 0.1) is 0 Å². The number of hydrogen-bond donors (Lipinski definition) is 2. The van der Waals surface area contributed by atoms with Crippen LogP contribution in [0.2, 0.25) is 0 Å². The Morgan fingerprint density at radius 1 is 1.47 bits per heavy atom. The molecule has 2 unspecified atom stereocenters. The van der Waals surface area contributed by atoms with Gasteiger partial charge in [-0.05, 0) is 13.3 Å². The molecule has 0 amide bonds. The molecular weight excluding hydrogens is 246 g/mol. The molecule has 0 saturated carbocycles. The van der Waals surface area contributed by atoms with Crippen LogP contribution in [0.1, 0.15) is 49.8 Å². The summed E-state index contributed by atoms with van der Waals surface area (Å²) in [5.74, 6) is 0.974. The Morgan fingerprint density at radius 2 is 2.32 bits per heavy atom. The maximum absolute atomic E-state index is 6.03. The molecular formula is C12H19N5O2. The molecule has 0 fully saturated rings. The van der Waals surface area contributed by atoms with Crippen LogP contribution in [0.5, 0.6) is 0 Å². The zero-order chi connectivity index (χ0) is 13.7. The fourth-order valence-corrected chi connectivity index (χ4v) is 1.83. The Bertz CT molecular complexity index is 482. The lowest BCUT2D eigenvalue weighted by atomic mass is 10.2. The molecule has 0 aliphatic rings. The largest absolute Gasteiger partial charge is 0.370 e. The first-order valence-corrected chi connectivity index (χ1v) is 6.42. The molecule has 104 valence electrons. The van der Waals surface area contributed by atoms with Gasteiger partial charge in [-0.1, -0.05) is 12.1 Å². The fourth-order valence-electron chi connectivity index (χ4n) is 1.83. The van der Waals surface area contributed by atoms with Gasteiger partial charge in [0, 0.05) is 24.9 Å². The number of imidazole rings is 1. The van der Waals surface area contributed by atoms with Crippen molar-refractivity contribution in [2.75, 3.05) is 6.61 Å². The molecule has 2 heterocycles. The highest BCUT2D eigenvalue weighted by atomic mass is 16.5. The van der Waals surface area contributed by atoms with Crippen molar-refractivity contribution in [2.24, 2.45) is 5.73 Å². The van der Waals surface area contributed by atoms with Crippen LogP contribution in [0.4, 0.5) is 0 Å². The summed E-state index contributed by atoms with van der Waals surface area (Å²) in [6, 6.07) is -0.346. The van der Waals surface area contributed by atoms with Gasteiger partial charge in [-0.2, -0.15) is 4.98 Å². The van der Waals surface area contributed by atoms with Crippen LogP contribution in [-0.2, 0) is 11.2 Å². The van der Waals surface area contributed by atoms with Crippen LogP contribution in [0.25, 0.3) is 0 Å². The molecule has 0 aromatic carbocycles. The van der Waals surface area contributed by atoms with E-state index in [-0.39, 0.29) is 12.1 Å². The van der Waals surface area contributed by atoms with Gasteiger partial charge in [0.1, 0.15) is 6.10 Å². The Hall–Kier alpha value is -1.73. The topological polar surface area (TPSA) is 103 Å². The van der Waals surface area contributed by atoms with E-state index in [0.717, 1.165) is 12.1 Å². The molecule has 0 aliphatic heterocycles. The van der Waals surface area contributed by atoms with E-state index >= 15 is 0 Å². The number of nitrogens with zero attached hydrogens (tertiary/aromatic N) is 3. The second-order valence-corrected chi connectivity index (χ2v) is 4.23. The van der Waals surface area contributed by atoms with Crippen LogP contribution in [0.15, 0.2) is 17.0 Å². The summed E-state index contributed by atoms with van der Waals surface area (Å²) >= 11 is 0. The number of aromatic amines is 1. The molecule has 2 atom stereocenters. The molecule has 2 aromatic rings. The van der Waals surface area contributed by atoms with Crippen molar-refractivity contribution in [3.8, 4) is 0 Å². The summed E-state index contributed by atoms with van der Waals surface area (Å²) in [6.07, 6.45) is 4.58. The van der Waals surface area contributed by atoms with Crippen molar-refractivity contribution in [3.63, 3.8) is 0 Å². The number of nitrogens with one attached hydrogen (secondary N) is 1. The maximum atomic E-state index is 6.03. The predicted octanol–water partition coefficient (Wildman–Crippen LogP) is 1.52. The van der Waals surface area contributed by atoms with Gasteiger partial charge in [0.05, 0.1) is 12.4 Å². The van der Waals surface area contributed by atoms with Crippen LogP contribution in [-0.4, -0.2) is 26.7 Å². The van der Waals surface area contributed by atoms with E-state index in [9.17, 15) is 0 Å². The summed E-state index contributed by atoms with van der Waals surface area (Å²) in [5, 5.41) is 3.94. The minimum Gasteiger partial charge on any atom is -0.370 e. The van der Waals surface area contributed by atoms with E-state index in [1.54, 1.807) is 12.5 Å². The number of aromatic nitrogens is 4.